The van der Waals surface area contributed by atoms with Gasteiger partial charge in [0.15, 0.2) is 0 Å². The average Bonchev–Trinajstić information content (AvgIpc) is 2.25. The average molecular weight is 208 g/mol. The van der Waals surface area contributed by atoms with Crippen LogP contribution in [-0.4, -0.2) is 17.8 Å². The maximum absolute atomic E-state index is 9.13. The minimum absolute atomic E-state index is 0.0368. The third-order valence-electron chi connectivity index (χ3n) is 2.27. The zero-order chi connectivity index (χ0) is 11.1. The molecule has 0 aromatic heterocycles. The van der Waals surface area contributed by atoms with Crippen LogP contribution in [0.1, 0.15) is 25.8 Å². The first-order valence-corrected chi connectivity index (χ1v) is 5.48. The number of ether oxygens (including phenoxy) is 1. The molecule has 1 aromatic rings. The van der Waals surface area contributed by atoms with Crippen LogP contribution in [-0.2, 0) is 11.3 Å². The van der Waals surface area contributed by atoms with Crippen LogP contribution in [0.5, 0.6) is 0 Å². The van der Waals surface area contributed by atoms with E-state index in [2.05, 4.69) is 13.8 Å². The van der Waals surface area contributed by atoms with E-state index in [1.165, 1.54) is 0 Å². The summed E-state index contributed by atoms with van der Waals surface area (Å²) in [5, 5.41) is 9.13. The fourth-order valence-electron chi connectivity index (χ4n) is 1.51. The van der Waals surface area contributed by atoms with Gasteiger partial charge in [0.2, 0.25) is 0 Å². The van der Waals surface area contributed by atoms with Crippen molar-refractivity contribution in [3.8, 4) is 0 Å². The molecule has 0 saturated carbocycles. The van der Waals surface area contributed by atoms with Gasteiger partial charge in [-0.15, -0.1) is 0 Å². The third-order valence-corrected chi connectivity index (χ3v) is 2.27. The largest absolute Gasteiger partial charge is 0.394 e. The molecule has 1 N–H and O–H groups in total. The second kappa shape index (κ2) is 6.59. The normalized spacial score (nSPS) is 13.1. The van der Waals surface area contributed by atoms with Crippen molar-refractivity contribution >= 4 is 0 Å². The predicted octanol–water partition coefficient (Wildman–Crippen LogP) is 2.61. The van der Waals surface area contributed by atoms with Crippen LogP contribution in [0.3, 0.4) is 0 Å². The summed E-state index contributed by atoms with van der Waals surface area (Å²) in [6, 6.07) is 10.0. The van der Waals surface area contributed by atoms with Crippen LogP contribution < -0.4 is 0 Å². The van der Waals surface area contributed by atoms with Gasteiger partial charge in [-0.3, -0.25) is 0 Å². The van der Waals surface area contributed by atoms with Crippen LogP contribution in [0.2, 0.25) is 0 Å². The quantitative estimate of drug-likeness (QED) is 0.778. The van der Waals surface area contributed by atoms with Gasteiger partial charge in [-0.1, -0.05) is 44.2 Å². The van der Waals surface area contributed by atoms with Gasteiger partial charge in [0.25, 0.3) is 0 Å². The lowest BCUT2D eigenvalue weighted by atomic mass is 10.1. The second-order valence-electron chi connectivity index (χ2n) is 4.23. The van der Waals surface area contributed by atoms with E-state index in [1.807, 2.05) is 30.3 Å². The predicted molar refractivity (Wildman–Crippen MR) is 61.6 cm³/mol. The van der Waals surface area contributed by atoms with Gasteiger partial charge in [0, 0.05) is 0 Å². The summed E-state index contributed by atoms with van der Waals surface area (Å²) in [5.41, 5.74) is 1.15. The Labute approximate surface area is 91.9 Å². The molecule has 0 spiro atoms. The lowest BCUT2D eigenvalue weighted by Crippen LogP contribution is -2.19. The van der Waals surface area contributed by atoms with E-state index in [1.54, 1.807) is 0 Å². The van der Waals surface area contributed by atoms with Gasteiger partial charge in [-0.05, 0) is 17.9 Å². The fraction of sp³-hybridized carbons (Fsp3) is 0.538. The van der Waals surface area contributed by atoms with E-state index in [0.29, 0.717) is 12.5 Å². The Morgan fingerprint density at radius 2 is 1.87 bits per heavy atom. The zero-order valence-electron chi connectivity index (χ0n) is 9.52. The number of hydrogen-bond donors (Lipinski definition) is 1. The molecular weight excluding hydrogens is 188 g/mol. The summed E-state index contributed by atoms with van der Waals surface area (Å²) >= 11 is 0. The lowest BCUT2D eigenvalue weighted by molar-refractivity contribution is -0.00878. The molecule has 0 aliphatic carbocycles. The maximum Gasteiger partial charge on any atom is 0.0812 e. The summed E-state index contributed by atoms with van der Waals surface area (Å²) in [6.07, 6.45) is 0.869. The summed E-state index contributed by atoms with van der Waals surface area (Å²) in [6.45, 7) is 4.95. The zero-order valence-corrected chi connectivity index (χ0v) is 9.52. The highest BCUT2D eigenvalue weighted by atomic mass is 16.5. The first-order chi connectivity index (χ1) is 7.22. The maximum atomic E-state index is 9.13. The van der Waals surface area contributed by atoms with Crippen molar-refractivity contribution in [2.75, 3.05) is 6.61 Å². The molecule has 0 heterocycles. The standard InChI is InChI=1S/C13H20O2/c1-11(2)8-13(9-14)15-10-12-6-4-3-5-7-12/h3-7,11,13-14H,8-10H2,1-2H3. The molecule has 2 heteroatoms. The monoisotopic (exact) mass is 208 g/mol. The van der Waals surface area contributed by atoms with E-state index in [4.69, 9.17) is 9.84 Å². The van der Waals surface area contributed by atoms with Gasteiger partial charge in [0.1, 0.15) is 0 Å². The van der Waals surface area contributed by atoms with Gasteiger partial charge in [-0.25, -0.2) is 0 Å². The van der Waals surface area contributed by atoms with E-state index in [9.17, 15) is 0 Å². The topological polar surface area (TPSA) is 29.5 Å². The molecule has 0 aliphatic rings. The van der Waals surface area contributed by atoms with Crippen LogP contribution in [0, 0.1) is 5.92 Å². The molecule has 0 saturated heterocycles. The van der Waals surface area contributed by atoms with Crippen LogP contribution in [0.25, 0.3) is 0 Å². The first kappa shape index (κ1) is 12.2. The molecule has 1 atom stereocenters. The molecule has 1 rings (SSSR count). The Morgan fingerprint density at radius 3 is 2.40 bits per heavy atom. The third kappa shape index (κ3) is 4.96. The summed E-state index contributed by atoms with van der Waals surface area (Å²) in [4.78, 5) is 0. The van der Waals surface area contributed by atoms with Crippen molar-refractivity contribution in [1.29, 1.82) is 0 Å². The van der Waals surface area contributed by atoms with Gasteiger partial charge >= 0.3 is 0 Å². The number of benzene rings is 1. The van der Waals surface area contributed by atoms with E-state index in [0.717, 1.165) is 12.0 Å². The molecule has 0 bridgehead atoms. The fourth-order valence-corrected chi connectivity index (χ4v) is 1.51. The Morgan fingerprint density at radius 1 is 1.20 bits per heavy atom. The smallest absolute Gasteiger partial charge is 0.0812 e. The van der Waals surface area contributed by atoms with E-state index < -0.39 is 0 Å². The van der Waals surface area contributed by atoms with Crippen LogP contribution >= 0.6 is 0 Å². The minimum atomic E-state index is -0.0368. The lowest BCUT2D eigenvalue weighted by Gasteiger charge is -2.17. The SMILES string of the molecule is CC(C)CC(CO)OCc1ccccc1. The molecule has 0 fully saturated rings. The number of rotatable bonds is 6. The summed E-state index contributed by atoms with van der Waals surface area (Å²) in [5.74, 6) is 0.554. The Bertz CT molecular complexity index is 256. The molecular formula is C13H20O2. The Kier molecular flexibility index (Phi) is 5.37. The minimum Gasteiger partial charge on any atom is -0.394 e. The number of hydrogen-bond acceptors (Lipinski definition) is 2. The van der Waals surface area contributed by atoms with Gasteiger partial charge in [-0.2, -0.15) is 0 Å². The van der Waals surface area contributed by atoms with Gasteiger partial charge in [0.05, 0.1) is 19.3 Å². The number of aliphatic hydroxyl groups excluding tert-OH is 1. The van der Waals surface area contributed by atoms with E-state index in [-0.39, 0.29) is 12.7 Å². The highest BCUT2D eigenvalue weighted by molar-refractivity contribution is 5.13. The Hall–Kier alpha value is -0.860. The van der Waals surface area contributed by atoms with Gasteiger partial charge < -0.3 is 9.84 Å². The van der Waals surface area contributed by atoms with Crippen molar-refractivity contribution in [1.82, 2.24) is 0 Å². The van der Waals surface area contributed by atoms with Crippen molar-refractivity contribution in [3.05, 3.63) is 35.9 Å². The Balaban J connectivity index is 2.34. The molecule has 0 radical (unpaired) electrons. The molecule has 15 heavy (non-hydrogen) atoms. The van der Waals surface area contributed by atoms with Crippen molar-refractivity contribution in [2.45, 2.75) is 33.0 Å². The molecule has 1 aromatic carbocycles. The second-order valence-corrected chi connectivity index (χ2v) is 4.23. The van der Waals surface area contributed by atoms with Crippen LogP contribution in [0.15, 0.2) is 30.3 Å². The van der Waals surface area contributed by atoms with Crippen molar-refractivity contribution in [2.24, 2.45) is 5.92 Å². The molecule has 1 unspecified atom stereocenters. The summed E-state index contributed by atoms with van der Waals surface area (Å²) in [7, 11) is 0. The molecule has 0 amide bonds. The molecule has 84 valence electrons. The highest BCUT2D eigenvalue weighted by Gasteiger charge is 2.09. The molecule has 0 aliphatic heterocycles. The van der Waals surface area contributed by atoms with Crippen LogP contribution in [0.4, 0.5) is 0 Å². The van der Waals surface area contributed by atoms with Crippen molar-refractivity contribution in [3.63, 3.8) is 0 Å². The molecule has 2 nitrogen and oxygen atoms in total. The first-order valence-electron chi connectivity index (χ1n) is 5.48. The van der Waals surface area contributed by atoms with E-state index >= 15 is 0 Å². The number of aliphatic hydroxyl groups is 1. The summed E-state index contributed by atoms with van der Waals surface area (Å²) < 4.78 is 5.64. The highest BCUT2D eigenvalue weighted by Crippen LogP contribution is 2.10. The van der Waals surface area contributed by atoms with Crippen molar-refractivity contribution < 1.29 is 9.84 Å².